The standard InChI is InChI=1S/C17H21N3O3/c1-23-13-11-18-16(21)8-5-12-20-17(22)10-9-15(19-20)14-6-3-2-4-7-14/h2-4,6-7,9-10H,5,8,11-13H2,1H3,(H,18,21). The minimum absolute atomic E-state index is 0.0469. The van der Waals surface area contributed by atoms with Crippen LogP contribution in [0, 0.1) is 0 Å². The summed E-state index contributed by atoms with van der Waals surface area (Å²) in [7, 11) is 1.59. The first kappa shape index (κ1) is 16.9. The van der Waals surface area contributed by atoms with E-state index in [9.17, 15) is 9.59 Å². The van der Waals surface area contributed by atoms with Gasteiger partial charge >= 0.3 is 0 Å². The number of hydrogen-bond donors (Lipinski definition) is 1. The molecule has 23 heavy (non-hydrogen) atoms. The Morgan fingerprint density at radius 2 is 2.00 bits per heavy atom. The second-order valence-corrected chi connectivity index (χ2v) is 5.09. The van der Waals surface area contributed by atoms with Crippen LogP contribution >= 0.6 is 0 Å². The van der Waals surface area contributed by atoms with Gasteiger partial charge in [-0.1, -0.05) is 30.3 Å². The number of aromatic nitrogens is 2. The molecule has 0 spiro atoms. The Bertz CT molecular complexity index is 683. The average Bonchev–Trinajstić information content (AvgIpc) is 2.57. The Kier molecular flexibility index (Phi) is 6.50. The zero-order valence-corrected chi connectivity index (χ0v) is 13.2. The molecule has 0 bridgehead atoms. The SMILES string of the molecule is COCCNC(=O)CCCn1nc(-c2ccccc2)ccc1=O. The fraction of sp³-hybridized carbons (Fsp3) is 0.353. The van der Waals surface area contributed by atoms with Gasteiger partial charge < -0.3 is 10.1 Å². The minimum atomic E-state index is -0.163. The first-order valence-electron chi connectivity index (χ1n) is 7.60. The van der Waals surface area contributed by atoms with Crippen molar-refractivity contribution in [3.05, 3.63) is 52.8 Å². The zero-order valence-electron chi connectivity index (χ0n) is 13.2. The van der Waals surface area contributed by atoms with Crippen LogP contribution in [0.15, 0.2) is 47.3 Å². The number of amides is 1. The van der Waals surface area contributed by atoms with E-state index in [2.05, 4.69) is 10.4 Å². The van der Waals surface area contributed by atoms with Gasteiger partial charge in [0, 0.05) is 38.2 Å². The van der Waals surface area contributed by atoms with Gasteiger partial charge in [0.05, 0.1) is 12.3 Å². The van der Waals surface area contributed by atoms with Crippen molar-refractivity contribution in [2.75, 3.05) is 20.3 Å². The summed E-state index contributed by atoms with van der Waals surface area (Å²) in [6.07, 6.45) is 0.914. The molecule has 0 fully saturated rings. The zero-order chi connectivity index (χ0) is 16.5. The van der Waals surface area contributed by atoms with Crippen molar-refractivity contribution < 1.29 is 9.53 Å². The van der Waals surface area contributed by atoms with Gasteiger partial charge in [0.15, 0.2) is 0 Å². The maximum atomic E-state index is 11.9. The quantitative estimate of drug-likeness (QED) is 0.748. The Morgan fingerprint density at radius 1 is 1.22 bits per heavy atom. The van der Waals surface area contributed by atoms with E-state index < -0.39 is 0 Å². The molecule has 1 aromatic heterocycles. The van der Waals surface area contributed by atoms with E-state index >= 15 is 0 Å². The lowest BCUT2D eigenvalue weighted by Crippen LogP contribution is -2.28. The molecule has 1 aromatic carbocycles. The van der Waals surface area contributed by atoms with Crippen molar-refractivity contribution >= 4 is 5.91 Å². The highest BCUT2D eigenvalue weighted by atomic mass is 16.5. The summed E-state index contributed by atoms with van der Waals surface area (Å²) in [6.45, 7) is 1.40. The van der Waals surface area contributed by atoms with Gasteiger partial charge in [-0.15, -0.1) is 0 Å². The maximum absolute atomic E-state index is 11.9. The molecule has 2 aromatic rings. The normalized spacial score (nSPS) is 10.5. The summed E-state index contributed by atoms with van der Waals surface area (Å²) in [6, 6.07) is 12.9. The van der Waals surface area contributed by atoms with Crippen LogP contribution in [0.5, 0.6) is 0 Å². The highest BCUT2D eigenvalue weighted by Gasteiger charge is 2.05. The molecule has 6 heteroatoms. The topological polar surface area (TPSA) is 73.2 Å². The van der Waals surface area contributed by atoms with Crippen LogP contribution < -0.4 is 10.9 Å². The van der Waals surface area contributed by atoms with E-state index in [-0.39, 0.29) is 11.5 Å². The van der Waals surface area contributed by atoms with Crippen LogP contribution in [0.2, 0.25) is 0 Å². The van der Waals surface area contributed by atoms with E-state index in [1.54, 1.807) is 13.2 Å². The largest absolute Gasteiger partial charge is 0.383 e. The number of nitrogens with zero attached hydrogens (tertiary/aromatic N) is 2. The smallest absolute Gasteiger partial charge is 0.266 e. The van der Waals surface area contributed by atoms with Gasteiger partial charge in [-0.3, -0.25) is 9.59 Å². The lowest BCUT2D eigenvalue weighted by Gasteiger charge is -2.07. The summed E-state index contributed by atoms with van der Waals surface area (Å²) >= 11 is 0. The number of methoxy groups -OCH3 is 1. The summed E-state index contributed by atoms with van der Waals surface area (Å²) in [5.74, 6) is -0.0469. The Labute approximate surface area is 135 Å². The van der Waals surface area contributed by atoms with Crippen LogP contribution in [0.25, 0.3) is 11.3 Å². The van der Waals surface area contributed by atoms with Crippen molar-refractivity contribution in [2.24, 2.45) is 0 Å². The lowest BCUT2D eigenvalue weighted by molar-refractivity contribution is -0.121. The van der Waals surface area contributed by atoms with Crippen LogP contribution in [-0.4, -0.2) is 35.9 Å². The monoisotopic (exact) mass is 315 g/mol. The molecule has 1 amide bonds. The molecule has 1 heterocycles. The highest BCUT2D eigenvalue weighted by molar-refractivity contribution is 5.75. The second kappa shape index (κ2) is 8.85. The minimum Gasteiger partial charge on any atom is -0.383 e. The van der Waals surface area contributed by atoms with Gasteiger partial charge in [-0.2, -0.15) is 5.10 Å². The summed E-state index contributed by atoms with van der Waals surface area (Å²) < 4.78 is 6.27. The average molecular weight is 315 g/mol. The maximum Gasteiger partial charge on any atom is 0.266 e. The predicted octanol–water partition coefficient (Wildman–Crippen LogP) is 1.45. The molecule has 0 radical (unpaired) electrons. The third kappa shape index (κ3) is 5.34. The number of aryl methyl sites for hydroxylation is 1. The summed E-state index contributed by atoms with van der Waals surface area (Å²) in [5.41, 5.74) is 1.54. The number of ether oxygens (including phenoxy) is 1. The molecule has 0 aliphatic rings. The molecular weight excluding hydrogens is 294 g/mol. The first-order chi connectivity index (χ1) is 11.2. The molecule has 0 saturated heterocycles. The molecule has 6 nitrogen and oxygen atoms in total. The van der Waals surface area contributed by atoms with Crippen LogP contribution in [0.3, 0.4) is 0 Å². The molecule has 0 atom stereocenters. The highest BCUT2D eigenvalue weighted by Crippen LogP contribution is 2.14. The molecule has 122 valence electrons. The second-order valence-electron chi connectivity index (χ2n) is 5.09. The Morgan fingerprint density at radius 3 is 2.74 bits per heavy atom. The van der Waals surface area contributed by atoms with E-state index in [1.165, 1.54) is 10.7 Å². The van der Waals surface area contributed by atoms with Crippen molar-refractivity contribution in [3.63, 3.8) is 0 Å². The summed E-state index contributed by atoms with van der Waals surface area (Å²) in [5, 5.41) is 7.12. The van der Waals surface area contributed by atoms with Crippen molar-refractivity contribution in [1.29, 1.82) is 0 Å². The number of benzene rings is 1. The van der Waals surface area contributed by atoms with Crippen molar-refractivity contribution in [2.45, 2.75) is 19.4 Å². The number of hydrogen-bond acceptors (Lipinski definition) is 4. The summed E-state index contributed by atoms with van der Waals surface area (Å²) in [4.78, 5) is 23.5. The van der Waals surface area contributed by atoms with Gasteiger partial charge in [-0.25, -0.2) is 4.68 Å². The third-order valence-electron chi connectivity index (χ3n) is 3.34. The number of nitrogens with one attached hydrogen (secondary N) is 1. The number of carbonyl (C=O) groups excluding carboxylic acids is 1. The first-order valence-corrected chi connectivity index (χ1v) is 7.60. The molecule has 0 aliphatic carbocycles. The van der Waals surface area contributed by atoms with E-state index in [1.807, 2.05) is 30.3 Å². The fourth-order valence-corrected chi connectivity index (χ4v) is 2.14. The number of rotatable bonds is 8. The fourth-order valence-electron chi connectivity index (χ4n) is 2.14. The molecular formula is C17H21N3O3. The van der Waals surface area contributed by atoms with Gasteiger partial charge in [0.25, 0.3) is 5.56 Å². The van der Waals surface area contributed by atoms with Crippen molar-refractivity contribution in [1.82, 2.24) is 15.1 Å². The van der Waals surface area contributed by atoms with Crippen LogP contribution in [-0.2, 0) is 16.1 Å². The van der Waals surface area contributed by atoms with E-state index in [4.69, 9.17) is 4.74 Å². The molecule has 0 unspecified atom stereocenters. The van der Waals surface area contributed by atoms with E-state index in [0.717, 1.165) is 11.3 Å². The van der Waals surface area contributed by atoms with Crippen LogP contribution in [0.1, 0.15) is 12.8 Å². The molecule has 1 N–H and O–H groups in total. The Balaban J connectivity index is 1.93. The Hall–Kier alpha value is -2.47. The van der Waals surface area contributed by atoms with Gasteiger partial charge in [-0.05, 0) is 12.5 Å². The molecule has 2 rings (SSSR count). The number of carbonyl (C=O) groups is 1. The van der Waals surface area contributed by atoms with Crippen molar-refractivity contribution in [3.8, 4) is 11.3 Å². The van der Waals surface area contributed by atoms with Gasteiger partial charge in [0.2, 0.25) is 5.91 Å². The van der Waals surface area contributed by atoms with E-state index in [0.29, 0.717) is 32.5 Å². The predicted molar refractivity (Wildman–Crippen MR) is 88.1 cm³/mol. The lowest BCUT2D eigenvalue weighted by atomic mass is 10.1. The van der Waals surface area contributed by atoms with Crippen LogP contribution in [0.4, 0.5) is 0 Å². The van der Waals surface area contributed by atoms with Gasteiger partial charge in [0.1, 0.15) is 0 Å². The third-order valence-corrected chi connectivity index (χ3v) is 3.34. The molecule has 0 saturated carbocycles. The molecule has 0 aliphatic heterocycles.